The van der Waals surface area contributed by atoms with Crippen molar-refractivity contribution in [2.45, 2.75) is 13.5 Å². The van der Waals surface area contributed by atoms with Crippen molar-refractivity contribution in [3.63, 3.8) is 0 Å². The summed E-state index contributed by atoms with van der Waals surface area (Å²) in [5.74, 6) is -0.328. The van der Waals surface area contributed by atoms with Crippen molar-refractivity contribution in [3.8, 4) is 0 Å². The fourth-order valence-electron chi connectivity index (χ4n) is 3.60. The third-order valence-electron chi connectivity index (χ3n) is 5.26. The molecule has 8 heteroatoms. The second-order valence-electron chi connectivity index (χ2n) is 7.63. The van der Waals surface area contributed by atoms with Gasteiger partial charge in [0.1, 0.15) is 16.9 Å². The average Bonchev–Trinajstić information content (AvgIpc) is 3.52. The predicted octanol–water partition coefficient (Wildman–Crippen LogP) is 4.51. The van der Waals surface area contributed by atoms with Gasteiger partial charge >= 0.3 is 0 Å². The molecule has 160 valence electrons. The fraction of sp³-hybridized carbons (Fsp3) is 0.125. The lowest BCUT2D eigenvalue weighted by Crippen LogP contribution is -2.25. The van der Waals surface area contributed by atoms with Crippen molar-refractivity contribution in [1.82, 2.24) is 14.3 Å². The van der Waals surface area contributed by atoms with Gasteiger partial charge in [0.2, 0.25) is 0 Å². The zero-order chi connectivity index (χ0) is 22.2. The van der Waals surface area contributed by atoms with E-state index in [9.17, 15) is 9.59 Å². The molecule has 0 unspecified atom stereocenters. The number of nitrogens with zero attached hydrogens (tertiary/aromatic N) is 3. The largest absolute Gasteiger partial charge is 0.472 e. The lowest BCUT2D eigenvalue weighted by Gasteiger charge is -2.14. The second-order valence-corrected chi connectivity index (χ2v) is 7.63. The van der Waals surface area contributed by atoms with Gasteiger partial charge in [-0.25, -0.2) is 4.98 Å². The van der Waals surface area contributed by atoms with Crippen molar-refractivity contribution in [2.75, 3.05) is 12.4 Å². The molecule has 4 aromatic heterocycles. The maximum Gasteiger partial charge on any atom is 0.289 e. The van der Waals surface area contributed by atoms with E-state index in [0.29, 0.717) is 34.5 Å². The van der Waals surface area contributed by atoms with Crippen LogP contribution in [0.2, 0.25) is 0 Å². The minimum atomic E-state index is -0.313. The van der Waals surface area contributed by atoms with Crippen molar-refractivity contribution < 1.29 is 18.4 Å². The number of aryl methyl sites for hydroxylation is 1. The molecule has 2 amide bonds. The first-order chi connectivity index (χ1) is 15.5. The summed E-state index contributed by atoms with van der Waals surface area (Å²) >= 11 is 0. The molecule has 0 saturated carbocycles. The molecule has 5 aromatic rings. The van der Waals surface area contributed by atoms with Crippen LogP contribution in [0.3, 0.4) is 0 Å². The third-order valence-corrected chi connectivity index (χ3v) is 5.26. The lowest BCUT2D eigenvalue weighted by atomic mass is 10.2. The number of rotatable bonds is 5. The fourth-order valence-corrected chi connectivity index (χ4v) is 3.60. The highest BCUT2D eigenvalue weighted by Gasteiger charge is 2.18. The molecule has 0 spiro atoms. The van der Waals surface area contributed by atoms with Gasteiger partial charge in [0.15, 0.2) is 5.76 Å². The Labute approximate surface area is 183 Å². The molecule has 1 N–H and O–H groups in total. The van der Waals surface area contributed by atoms with Crippen molar-refractivity contribution in [2.24, 2.45) is 0 Å². The molecule has 0 radical (unpaired) electrons. The van der Waals surface area contributed by atoms with Crippen LogP contribution in [0.15, 0.2) is 76.1 Å². The van der Waals surface area contributed by atoms with E-state index in [-0.39, 0.29) is 17.6 Å². The van der Waals surface area contributed by atoms with E-state index in [2.05, 4.69) is 10.3 Å². The van der Waals surface area contributed by atoms with Gasteiger partial charge in [-0.1, -0.05) is 6.07 Å². The summed E-state index contributed by atoms with van der Waals surface area (Å²) in [5.41, 5.74) is 4.06. The lowest BCUT2D eigenvalue weighted by molar-refractivity contribution is 0.0755. The van der Waals surface area contributed by atoms with Crippen LogP contribution in [-0.4, -0.2) is 33.1 Å². The Bertz CT molecular complexity index is 1450. The second kappa shape index (κ2) is 7.73. The van der Waals surface area contributed by atoms with Gasteiger partial charge in [0, 0.05) is 42.1 Å². The van der Waals surface area contributed by atoms with Crippen LogP contribution in [0.25, 0.3) is 16.6 Å². The Morgan fingerprint density at radius 2 is 2.03 bits per heavy atom. The van der Waals surface area contributed by atoms with Gasteiger partial charge in [-0.2, -0.15) is 0 Å². The Morgan fingerprint density at radius 3 is 2.81 bits per heavy atom. The van der Waals surface area contributed by atoms with Gasteiger partial charge in [-0.15, -0.1) is 0 Å². The Balaban J connectivity index is 1.34. The van der Waals surface area contributed by atoms with Gasteiger partial charge in [0.05, 0.1) is 12.5 Å². The summed E-state index contributed by atoms with van der Waals surface area (Å²) in [6, 6.07) is 14.4. The van der Waals surface area contributed by atoms with Crippen LogP contribution in [0.4, 0.5) is 5.69 Å². The number of nitrogens with one attached hydrogen (secondary N) is 1. The minimum Gasteiger partial charge on any atom is -0.472 e. The molecular weight excluding hydrogens is 408 g/mol. The van der Waals surface area contributed by atoms with Gasteiger partial charge in [-0.3, -0.25) is 9.59 Å². The molecule has 5 rings (SSSR count). The number of hydrogen-bond donors (Lipinski definition) is 1. The molecule has 8 nitrogen and oxygen atoms in total. The van der Waals surface area contributed by atoms with E-state index in [0.717, 1.165) is 11.3 Å². The first kappa shape index (κ1) is 19.6. The highest BCUT2D eigenvalue weighted by molar-refractivity contribution is 6.04. The number of hydrogen-bond acceptors (Lipinski definition) is 5. The highest BCUT2D eigenvalue weighted by atomic mass is 16.3. The molecular formula is C24H20N4O4. The molecule has 0 atom stereocenters. The Morgan fingerprint density at radius 1 is 1.16 bits per heavy atom. The van der Waals surface area contributed by atoms with Crippen LogP contribution >= 0.6 is 0 Å². The van der Waals surface area contributed by atoms with Crippen LogP contribution in [0.5, 0.6) is 0 Å². The number of furan rings is 2. The number of aromatic nitrogens is 2. The van der Waals surface area contributed by atoms with Gasteiger partial charge in [-0.05, 0) is 49.4 Å². The number of fused-ring (bicyclic) bond motifs is 2. The number of amides is 2. The molecule has 0 aliphatic heterocycles. The summed E-state index contributed by atoms with van der Waals surface area (Å²) in [7, 11) is 1.70. The van der Waals surface area contributed by atoms with Crippen molar-refractivity contribution in [1.29, 1.82) is 0 Å². The van der Waals surface area contributed by atoms with Crippen LogP contribution < -0.4 is 5.32 Å². The van der Waals surface area contributed by atoms with Crippen LogP contribution in [-0.2, 0) is 6.54 Å². The third kappa shape index (κ3) is 3.62. The summed E-state index contributed by atoms with van der Waals surface area (Å²) in [6.07, 6.45) is 4.88. The number of carbonyl (C=O) groups excluding carboxylic acids is 2. The molecule has 1 aromatic carbocycles. The molecule has 0 aliphatic carbocycles. The number of imidazole rings is 1. The van der Waals surface area contributed by atoms with Crippen molar-refractivity contribution >= 4 is 34.1 Å². The zero-order valence-corrected chi connectivity index (χ0v) is 17.5. The van der Waals surface area contributed by atoms with E-state index in [1.54, 1.807) is 54.9 Å². The Hall–Kier alpha value is -4.33. The number of benzene rings is 1. The van der Waals surface area contributed by atoms with Crippen molar-refractivity contribution in [3.05, 3.63) is 90.0 Å². The molecule has 0 bridgehead atoms. The first-order valence-electron chi connectivity index (χ1n) is 10.0. The summed E-state index contributed by atoms with van der Waals surface area (Å²) in [6.45, 7) is 2.36. The Kier molecular flexibility index (Phi) is 4.74. The summed E-state index contributed by atoms with van der Waals surface area (Å²) in [5, 5.41) is 3.58. The predicted molar refractivity (Wildman–Crippen MR) is 119 cm³/mol. The molecule has 32 heavy (non-hydrogen) atoms. The van der Waals surface area contributed by atoms with Crippen LogP contribution in [0.1, 0.15) is 32.3 Å². The van der Waals surface area contributed by atoms with Crippen LogP contribution in [0, 0.1) is 6.92 Å². The SMILES string of the molecule is Cc1cccc2nc(C(=O)Nc3ccc4oc(C(=O)N(C)Cc5ccoc5)cc4c3)cn12. The molecule has 0 saturated heterocycles. The summed E-state index contributed by atoms with van der Waals surface area (Å²) < 4.78 is 12.6. The van der Waals surface area contributed by atoms with Gasteiger partial charge in [0.25, 0.3) is 11.8 Å². The quantitative estimate of drug-likeness (QED) is 0.445. The number of carbonyl (C=O) groups is 2. The highest BCUT2D eigenvalue weighted by Crippen LogP contribution is 2.24. The monoisotopic (exact) mass is 428 g/mol. The topological polar surface area (TPSA) is 93.0 Å². The van der Waals surface area contributed by atoms with Gasteiger partial charge < -0.3 is 23.5 Å². The first-order valence-corrected chi connectivity index (χ1v) is 10.0. The summed E-state index contributed by atoms with van der Waals surface area (Å²) in [4.78, 5) is 31.4. The van der Waals surface area contributed by atoms with E-state index in [1.807, 2.05) is 35.6 Å². The smallest absolute Gasteiger partial charge is 0.289 e. The molecule has 0 fully saturated rings. The van der Waals surface area contributed by atoms with E-state index in [1.165, 1.54) is 0 Å². The number of pyridine rings is 1. The normalized spacial score (nSPS) is 11.2. The zero-order valence-electron chi connectivity index (χ0n) is 17.5. The average molecular weight is 428 g/mol. The standard InChI is InChI=1S/C24H20N4O4/c1-15-4-3-5-22-26-19(13-28(15)22)23(29)25-18-6-7-20-17(10-18)11-21(32-20)24(30)27(2)12-16-8-9-31-14-16/h3-11,13-14H,12H2,1-2H3,(H,25,29). The maximum atomic E-state index is 12.7. The van der Waals surface area contributed by atoms with E-state index in [4.69, 9.17) is 8.83 Å². The van der Waals surface area contributed by atoms with E-state index < -0.39 is 0 Å². The maximum absolute atomic E-state index is 12.7. The molecule has 4 heterocycles. The molecule has 0 aliphatic rings. The minimum absolute atomic E-state index is 0.227. The van der Waals surface area contributed by atoms with E-state index >= 15 is 0 Å². The number of anilines is 1.